The van der Waals surface area contributed by atoms with Crippen LogP contribution >= 0.6 is 19.3 Å². The fourth-order valence-corrected chi connectivity index (χ4v) is 4.79. The van der Waals surface area contributed by atoms with E-state index in [1.807, 2.05) is 25.1 Å². The van der Waals surface area contributed by atoms with Crippen LogP contribution in [0.5, 0.6) is 0 Å². The molecule has 2 unspecified atom stereocenters. The van der Waals surface area contributed by atoms with Crippen molar-refractivity contribution in [2.24, 2.45) is 0 Å². The molecule has 0 aliphatic carbocycles. The highest BCUT2D eigenvalue weighted by Gasteiger charge is 2.47. The molecular formula is C21H28ClN4O3P. The van der Waals surface area contributed by atoms with Gasteiger partial charge in [0.25, 0.3) is 0 Å². The van der Waals surface area contributed by atoms with Crippen molar-refractivity contribution in [2.75, 3.05) is 19.2 Å². The summed E-state index contributed by atoms with van der Waals surface area (Å²) in [4.78, 5) is 10.2. The number of rotatable bonds is 7. The number of benzene rings is 2. The molecule has 1 aromatic heterocycles. The van der Waals surface area contributed by atoms with Crippen molar-refractivity contribution < 1.29 is 14.6 Å². The van der Waals surface area contributed by atoms with Crippen molar-refractivity contribution in [3.8, 4) is 0 Å². The van der Waals surface area contributed by atoms with Crippen LogP contribution in [0.3, 0.4) is 0 Å². The van der Waals surface area contributed by atoms with Gasteiger partial charge in [-0.3, -0.25) is 4.68 Å². The van der Waals surface area contributed by atoms with Crippen LogP contribution in [0.4, 0.5) is 5.69 Å². The first kappa shape index (κ1) is 22.8. The van der Waals surface area contributed by atoms with E-state index >= 15 is 0 Å². The van der Waals surface area contributed by atoms with E-state index in [1.54, 1.807) is 49.0 Å². The monoisotopic (exact) mass is 450 g/mol. The molecular weight excluding hydrogens is 423 g/mol. The van der Waals surface area contributed by atoms with Gasteiger partial charge in [0.15, 0.2) is 0 Å². The van der Waals surface area contributed by atoms with Gasteiger partial charge in [-0.15, -0.1) is 0 Å². The van der Waals surface area contributed by atoms with Crippen molar-refractivity contribution >= 4 is 35.9 Å². The first-order valence-electron chi connectivity index (χ1n) is 9.68. The summed E-state index contributed by atoms with van der Waals surface area (Å²) in [5.41, 5.74) is 0.0372. The molecule has 3 aromatic rings. The zero-order valence-corrected chi connectivity index (χ0v) is 19.4. The molecule has 1 heterocycles. The number of hydrogen-bond acceptors (Lipinski definition) is 3. The standard InChI is InChI=1S/C21H28ClN4O3P/c1-6-21(20(2,3)27,15-10-12-16(22)13-11-15)26-19-9-7-8-18(17(19)14-23-26)24-30(28,29)25(4)5/h7-14,27H,6H2,1-5H3,(H2,24,28,29). The van der Waals surface area contributed by atoms with Crippen molar-refractivity contribution in [3.05, 3.63) is 59.2 Å². The topological polar surface area (TPSA) is 90.6 Å². The third-order valence-corrected chi connectivity index (χ3v) is 7.50. The maximum atomic E-state index is 12.5. The van der Waals surface area contributed by atoms with Crippen LogP contribution in [0.25, 0.3) is 10.9 Å². The second-order valence-electron chi connectivity index (χ2n) is 8.08. The Morgan fingerprint density at radius 1 is 1.20 bits per heavy atom. The second kappa shape index (κ2) is 7.98. The maximum absolute atomic E-state index is 12.5. The fourth-order valence-electron chi connectivity index (χ4n) is 3.96. The summed E-state index contributed by atoms with van der Waals surface area (Å²) in [6.07, 6.45) is 2.21. The summed E-state index contributed by atoms with van der Waals surface area (Å²) in [5.74, 6) is 0. The van der Waals surface area contributed by atoms with Gasteiger partial charge in [0.05, 0.1) is 23.0 Å². The summed E-state index contributed by atoms with van der Waals surface area (Å²) in [6, 6.07) is 12.8. The minimum absolute atomic E-state index is 0.495. The Morgan fingerprint density at radius 2 is 1.83 bits per heavy atom. The van der Waals surface area contributed by atoms with E-state index in [-0.39, 0.29) is 0 Å². The molecule has 2 atom stereocenters. The number of anilines is 1. The van der Waals surface area contributed by atoms with Gasteiger partial charge in [-0.25, -0.2) is 9.24 Å². The molecule has 7 nitrogen and oxygen atoms in total. The largest absolute Gasteiger partial charge is 0.388 e. The second-order valence-corrected chi connectivity index (χ2v) is 10.6. The lowest BCUT2D eigenvalue weighted by molar-refractivity contribution is -0.0297. The van der Waals surface area contributed by atoms with Gasteiger partial charge in [0.1, 0.15) is 5.54 Å². The molecule has 0 bridgehead atoms. The number of fused-ring (bicyclic) bond motifs is 1. The lowest BCUT2D eigenvalue weighted by Gasteiger charge is -2.44. The van der Waals surface area contributed by atoms with Gasteiger partial charge in [0, 0.05) is 10.4 Å². The van der Waals surface area contributed by atoms with Gasteiger partial charge in [0.2, 0.25) is 0 Å². The minimum atomic E-state index is -3.74. The van der Waals surface area contributed by atoms with Crippen LogP contribution in [0.2, 0.25) is 5.02 Å². The molecule has 0 aliphatic rings. The number of aliphatic hydroxyl groups is 1. The Morgan fingerprint density at radius 3 is 2.37 bits per heavy atom. The third-order valence-electron chi connectivity index (χ3n) is 5.63. The fraction of sp³-hybridized carbons (Fsp3) is 0.381. The van der Waals surface area contributed by atoms with E-state index in [4.69, 9.17) is 11.6 Å². The SMILES string of the molecule is CCC(c1ccc(Cl)cc1)(n1ncc2c(NP(=O)(O)N(C)C)cccc21)C(C)(C)O. The van der Waals surface area contributed by atoms with Gasteiger partial charge in [-0.1, -0.05) is 36.7 Å². The molecule has 0 saturated heterocycles. The molecule has 2 aromatic carbocycles. The molecule has 0 saturated carbocycles. The molecule has 162 valence electrons. The Kier molecular flexibility index (Phi) is 6.07. The Bertz CT molecular complexity index is 1090. The molecule has 0 fully saturated rings. The zero-order valence-electron chi connectivity index (χ0n) is 17.8. The summed E-state index contributed by atoms with van der Waals surface area (Å²) in [7, 11) is -0.671. The van der Waals surface area contributed by atoms with Crippen LogP contribution in [-0.2, 0) is 10.1 Å². The lowest BCUT2D eigenvalue weighted by Crippen LogP contribution is -2.53. The first-order chi connectivity index (χ1) is 13.9. The van der Waals surface area contributed by atoms with Crippen molar-refractivity contribution in [1.82, 2.24) is 14.5 Å². The smallest absolute Gasteiger partial charge is 0.365 e. The first-order valence-corrected chi connectivity index (χ1v) is 11.7. The predicted octanol–water partition coefficient (Wildman–Crippen LogP) is 4.69. The number of hydrogen-bond donors (Lipinski definition) is 3. The summed E-state index contributed by atoms with van der Waals surface area (Å²) in [6.45, 7) is 5.51. The van der Waals surface area contributed by atoms with Crippen LogP contribution in [0, 0.1) is 0 Å². The Labute approximate surface area is 181 Å². The summed E-state index contributed by atoms with van der Waals surface area (Å²) < 4.78 is 15.5. The molecule has 0 spiro atoms. The van der Waals surface area contributed by atoms with E-state index < -0.39 is 18.8 Å². The molecule has 0 aliphatic heterocycles. The van der Waals surface area contributed by atoms with Crippen molar-refractivity contribution in [3.63, 3.8) is 0 Å². The predicted molar refractivity (Wildman–Crippen MR) is 122 cm³/mol. The van der Waals surface area contributed by atoms with Crippen molar-refractivity contribution in [2.45, 2.75) is 38.3 Å². The minimum Gasteiger partial charge on any atom is -0.388 e. The third kappa shape index (κ3) is 3.77. The summed E-state index contributed by atoms with van der Waals surface area (Å²) >= 11 is 6.10. The molecule has 0 radical (unpaired) electrons. The summed E-state index contributed by atoms with van der Waals surface area (Å²) in [5, 5.41) is 20.0. The molecule has 3 N–H and O–H groups in total. The van der Waals surface area contributed by atoms with Crippen LogP contribution in [-0.4, -0.2) is 44.1 Å². The van der Waals surface area contributed by atoms with Gasteiger partial charge in [-0.05, 0) is 64.2 Å². The average molecular weight is 451 g/mol. The van der Waals surface area contributed by atoms with E-state index in [1.165, 1.54) is 18.8 Å². The lowest BCUT2D eigenvalue weighted by atomic mass is 9.74. The highest BCUT2D eigenvalue weighted by molar-refractivity contribution is 7.57. The van der Waals surface area contributed by atoms with Gasteiger partial charge in [-0.2, -0.15) is 5.10 Å². The number of aromatic nitrogens is 2. The Balaban J connectivity index is 2.26. The number of nitrogens with one attached hydrogen (secondary N) is 1. The van der Waals surface area contributed by atoms with E-state index in [0.29, 0.717) is 22.5 Å². The number of halogens is 1. The van der Waals surface area contributed by atoms with E-state index in [2.05, 4.69) is 10.2 Å². The van der Waals surface area contributed by atoms with Crippen LogP contribution in [0.1, 0.15) is 32.8 Å². The van der Waals surface area contributed by atoms with E-state index in [0.717, 1.165) is 11.1 Å². The molecule has 3 rings (SSSR count). The molecule has 9 heteroatoms. The maximum Gasteiger partial charge on any atom is 0.365 e. The van der Waals surface area contributed by atoms with Crippen LogP contribution < -0.4 is 5.09 Å². The van der Waals surface area contributed by atoms with Gasteiger partial charge < -0.3 is 15.1 Å². The highest BCUT2D eigenvalue weighted by Crippen LogP contribution is 2.46. The van der Waals surface area contributed by atoms with Gasteiger partial charge >= 0.3 is 7.67 Å². The van der Waals surface area contributed by atoms with E-state index in [9.17, 15) is 14.6 Å². The highest BCUT2D eigenvalue weighted by atomic mass is 35.5. The normalized spacial score (nSPS) is 16.4. The van der Waals surface area contributed by atoms with Crippen molar-refractivity contribution in [1.29, 1.82) is 0 Å². The Hall–Kier alpha value is -1.89. The quantitative estimate of drug-likeness (QED) is 0.452. The van der Waals surface area contributed by atoms with Crippen LogP contribution in [0.15, 0.2) is 48.7 Å². The molecule has 0 amide bonds. The average Bonchev–Trinajstić information content (AvgIpc) is 3.08. The molecule has 30 heavy (non-hydrogen) atoms. The zero-order chi connectivity index (χ0) is 22.3. The number of nitrogens with zero attached hydrogens (tertiary/aromatic N) is 3.